The van der Waals surface area contributed by atoms with E-state index in [2.05, 4.69) is 15.7 Å². The van der Waals surface area contributed by atoms with E-state index in [0.717, 1.165) is 31.5 Å². The largest absolute Gasteiger partial charge is 0.496 e. The molecule has 0 bridgehead atoms. The number of ether oxygens (including phenoxy) is 1. The Labute approximate surface area is 163 Å². The summed E-state index contributed by atoms with van der Waals surface area (Å²) in [5, 5.41) is 10.9. The minimum atomic E-state index is -0.472. The molecule has 0 spiro atoms. The highest BCUT2D eigenvalue weighted by molar-refractivity contribution is 5.92. The first-order valence-corrected chi connectivity index (χ1v) is 9.49. The smallest absolute Gasteiger partial charge is 0.272 e. The fourth-order valence-corrected chi connectivity index (χ4v) is 3.59. The average molecular weight is 380 g/mol. The molecule has 3 heterocycles. The van der Waals surface area contributed by atoms with Gasteiger partial charge in [0, 0.05) is 18.3 Å². The van der Waals surface area contributed by atoms with Gasteiger partial charge in [-0.3, -0.25) is 9.48 Å². The van der Waals surface area contributed by atoms with Crippen molar-refractivity contribution in [2.24, 2.45) is 0 Å². The average Bonchev–Trinajstić information content (AvgIpc) is 3.45. The summed E-state index contributed by atoms with van der Waals surface area (Å²) in [6, 6.07) is 12.8. The predicted octanol–water partition coefficient (Wildman–Crippen LogP) is 2.93. The Kier molecular flexibility index (Phi) is 5.43. The molecule has 7 nitrogen and oxygen atoms in total. The van der Waals surface area contributed by atoms with Crippen LogP contribution in [-0.4, -0.2) is 35.9 Å². The Morgan fingerprint density at radius 2 is 2.21 bits per heavy atom. The van der Waals surface area contributed by atoms with Crippen molar-refractivity contribution in [1.82, 2.24) is 20.4 Å². The Morgan fingerprint density at radius 3 is 2.96 bits per heavy atom. The maximum Gasteiger partial charge on any atom is 0.272 e. The first-order valence-electron chi connectivity index (χ1n) is 9.49. The van der Waals surface area contributed by atoms with Crippen molar-refractivity contribution >= 4 is 5.91 Å². The molecule has 2 unspecified atom stereocenters. The molecule has 1 fully saturated rings. The summed E-state index contributed by atoms with van der Waals surface area (Å²) in [6.45, 7) is 1.91. The van der Waals surface area contributed by atoms with Gasteiger partial charge in [0.15, 0.2) is 0 Å². The van der Waals surface area contributed by atoms with Crippen molar-refractivity contribution in [2.75, 3.05) is 20.2 Å². The zero-order valence-corrected chi connectivity index (χ0v) is 15.8. The number of furan rings is 1. The number of nitrogens with one attached hydrogen (secondary N) is 2. The number of carbonyl (C=O) groups excluding carboxylic acids is 1. The molecule has 0 aliphatic carbocycles. The molecule has 2 atom stereocenters. The lowest BCUT2D eigenvalue weighted by molar-refractivity contribution is 0.0932. The third kappa shape index (κ3) is 3.80. The van der Waals surface area contributed by atoms with Crippen molar-refractivity contribution in [3.05, 3.63) is 71.9 Å². The maximum atomic E-state index is 12.9. The summed E-state index contributed by atoms with van der Waals surface area (Å²) < 4.78 is 12.9. The van der Waals surface area contributed by atoms with Crippen molar-refractivity contribution in [3.63, 3.8) is 0 Å². The minimum Gasteiger partial charge on any atom is -0.496 e. The number of amides is 1. The van der Waals surface area contributed by atoms with Gasteiger partial charge in [-0.1, -0.05) is 18.2 Å². The van der Waals surface area contributed by atoms with Gasteiger partial charge in [0.05, 0.1) is 19.4 Å². The number of piperidine rings is 1. The second-order valence-corrected chi connectivity index (χ2v) is 6.85. The fraction of sp³-hybridized carbons (Fsp3) is 0.333. The number of hydrogen-bond acceptors (Lipinski definition) is 5. The highest BCUT2D eigenvalue weighted by atomic mass is 16.5. The number of carbonyl (C=O) groups is 1. The van der Waals surface area contributed by atoms with Gasteiger partial charge >= 0.3 is 0 Å². The van der Waals surface area contributed by atoms with Crippen molar-refractivity contribution in [3.8, 4) is 5.75 Å². The second kappa shape index (κ2) is 8.31. The summed E-state index contributed by atoms with van der Waals surface area (Å²) in [6.07, 6.45) is 5.64. The third-order valence-corrected chi connectivity index (χ3v) is 5.04. The van der Waals surface area contributed by atoms with Crippen LogP contribution in [0.15, 0.2) is 59.3 Å². The molecule has 28 heavy (non-hydrogen) atoms. The van der Waals surface area contributed by atoms with Crippen LogP contribution < -0.4 is 15.4 Å². The molecule has 7 heteroatoms. The summed E-state index contributed by atoms with van der Waals surface area (Å²) in [4.78, 5) is 12.9. The van der Waals surface area contributed by atoms with Crippen LogP contribution in [0.25, 0.3) is 0 Å². The van der Waals surface area contributed by atoms with Gasteiger partial charge < -0.3 is 19.8 Å². The second-order valence-electron chi connectivity index (χ2n) is 6.85. The Bertz CT molecular complexity index is 913. The van der Waals surface area contributed by atoms with Gasteiger partial charge in [-0.25, -0.2) is 0 Å². The van der Waals surface area contributed by atoms with E-state index >= 15 is 0 Å². The van der Waals surface area contributed by atoms with Crippen LogP contribution in [0, 0.1) is 0 Å². The van der Waals surface area contributed by atoms with E-state index < -0.39 is 6.04 Å². The van der Waals surface area contributed by atoms with Crippen LogP contribution in [-0.2, 0) is 0 Å². The normalized spacial score (nSPS) is 17.8. The fourth-order valence-electron chi connectivity index (χ4n) is 3.59. The van der Waals surface area contributed by atoms with Gasteiger partial charge in [-0.2, -0.15) is 5.10 Å². The Morgan fingerprint density at radius 1 is 1.32 bits per heavy atom. The van der Waals surface area contributed by atoms with E-state index in [0.29, 0.717) is 17.2 Å². The standard InChI is InChI=1S/C21H24N4O3/c1-27-18-8-3-2-7-16(18)20(19-9-5-13-28-19)23-21(26)17-10-12-25(24-17)15-6-4-11-22-14-15/h2-3,5,7-10,12-13,15,20,22H,4,6,11,14H2,1H3,(H,23,26). The topological polar surface area (TPSA) is 81.3 Å². The van der Waals surface area contributed by atoms with E-state index in [1.165, 1.54) is 0 Å². The van der Waals surface area contributed by atoms with Crippen LogP contribution in [0.2, 0.25) is 0 Å². The number of para-hydroxylation sites is 1. The number of rotatable bonds is 6. The highest BCUT2D eigenvalue weighted by Crippen LogP contribution is 2.30. The number of methoxy groups -OCH3 is 1. The first-order chi connectivity index (χ1) is 13.8. The minimum absolute atomic E-state index is 0.255. The third-order valence-electron chi connectivity index (χ3n) is 5.04. The zero-order valence-electron chi connectivity index (χ0n) is 15.8. The van der Waals surface area contributed by atoms with Gasteiger partial charge in [0.1, 0.15) is 23.2 Å². The molecule has 2 aromatic heterocycles. The molecule has 1 aliphatic heterocycles. The van der Waals surface area contributed by atoms with Crippen LogP contribution in [0.4, 0.5) is 0 Å². The SMILES string of the molecule is COc1ccccc1C(NC(=O)c1ccn(C2CCCNC2)n1)c1ccco1. The number of aromatic nitrogens is 2. The Balaban J connectivity index is 1.57. The van der Waals surface area contributed by atoms with Crippen molar-refractivity contribution < 1.29 is 13.9 Å². The van der Waals surface area contributed by atoms with Crippen molar-refractivity contribution in [1.29, 1.82) is 0 Å². The van der Waals surface area contributed by atoms with Gasteiger partial charge in [0.25, 0.3) is 5.91 Å². The monoisotopic (exact) mass is 380 g/mol. The predicted molar refractivity (Wildman–Crippen MR) is 104 cm³/mol. The summed E-state index contributed by atoms with van der Waals surface area (Å²) >= 11 is 0. The van der Waals surface area contributed by atoms with E-state index in [1.54, 1.807) is 25.5 Å². The molecule has 1 aromatic carbocycles. The van der Waals surface area contributed by atoms with Gasteiger partial charge in [-0.15, -0.1) is 0 Å². The molecule has 1 saturated heterocycles. The van der Waals surface area contributed by atoms with Crippen LogP contribution >= 0.6 is 0 Å². The van der Waals surface area contributed by atoms with Crippen molar-refractivity contribution in [2.45, 2.75) is 24.9 Å². The maximum absolute atomic E-state index is 12.9. The highest BCUT2D eigenvalue weighted by Gasteiger charge is 2.25. The number of hydrogen-bond donors (Lipinski definition) is 2. The summed E-state index contributed by atoms with van der Waals surface area (Å²) in [5.41, 5.74) is 1.21. The lowest BCUT2D eigenvalue weighted by Crippen LogP contribution is -2.32. The lowest BCUT2D eigenvalue weighted by atomic mass is 10.0. The molecule has 0 saturated carbocycles. The van der Waals surface area contributed by atoms with Crippen LogP contribution in [0.1, 0.15) is 46.7 Å². The number of nitrogens with zero attached hydrogens (tertiary/aromatic N) is 2. The van der Waals surface area contributed by atoms with E-state index in [1.807, 2.05) is 41.2 Å². The molecule has 2 N–H and O–H groups in total. The van der Waals surface area contributed by atoms with Crippen LogP contribution in [0.5, 0.6) is 5.75 Å². The molecule has 1 amide bonds. The summed E-state index contributed by atoms with van der Waals surface area (Å²) in [7, 11) is 1.61. The zero-order chi connectivity index (χ0) is 19.3. The van der Waals surface area contributed by atoms with E-state index in [9.17, 15) is 4.79 Å². The molecule has 1 aliphatic rings. The molecular weight excluding hydrogens is 356 g/mol. The van der Waals surface area contributed by atoms with E-state index in [-0.39, 0.29) is 11.9 Å². The molecule has 146 valence electrons. The van der Waals surface area contributed by atoms with Gasteiger partial charge in [-0.05, 0) is 43.7 Å². The summed E-state index contributed by atoms with van der Waals surface area (Å²) in [5.74, 6) is 1.06. The molecular formula is C21H24N4O3. The van der Waals surface area contributed by atoms with E-state index in [4.69, 9.17) is 9.15 Å². The molecule has 3 aromatic rings. The number of benzene rings is 1. The Hall–Kier alpha value is -3.06. The van der Waals surface area contributed by atoms with Crippen LogP contribution in [0.3, 0.4) is 0 Å². The molecule has 4 rings (SSSR count). The lowest BCUT2D eigenvalue weighted by Gasteiger charge is -2.23. The first kappa shape index (κ1) is 18.3. The van der Waals surface area contributed by atoms with Gasteiger partial charge in [0.2, 0.25) is 0 Å². The quantitative estimate of drug-likeness (QED) is 0.687. The molecule has 0 radical (unpaired) electrons.